The Morgan fingerprint density at radius 2 is 2.11 bits per heavy atom. The van der Waals surface area contributed by atoms with E-state index in [4.69, 9.17) is 0 Å². The van der Waals surface area contributed by atoms with Crippen molar-refractivity contribution in [2.24, 2.45) is 0 Å². The van der Waals surface area contributed by atoms with Gasteiger partial charge in [0.25, 0.3) is 11.8 Å². The fourth-order valence-corrected chi connectivity index (χ4v) is 3.74. The third kappa shape index (κ3) is 5.32. The van der Waals surface area contributed by atoms with Crippen molar-refractivity contribution in [2.45, 2.75) is 32.9 Å². The first-order valence-electron chi connectivity index (χ1n) is 10.3. The number of aromatic amines is 1. The Balaban J connectivity index is 1.54. The van der Waals surface area contributed by atoms with E-state index in [1.54, 1.807) is 13.8 Å². The number of aliphatic hydroxyl groups is 1. The molecule has 0 saturated carbocycles. The Kier molecular flexibility index (Phi) is 6.30. The number of alkyl halides is 3. The van der Waals surface area contributed by atoms with E-state index in [-0.39, 0.29) is 24.2 Å². The number of anilines is 1. The first kappa shape index (κ1) is 23.9. The van der Waals surface area contributed by atoms with Crippen LogP contribution in [0.15, 0.2) is 24.5 Å². The average Bonchev–Trinajstić information content (AvgIpc) is 3.45. The van der Waals surface area contributed by atoms with Gasteiger partial charge in [0.05, 0.1) is 23.8 Å². The molecule has 1 aliphatic rings. The Labute approximate surface area is 196 Å². The summed E-state index contributed by atoms with van der Waals surface area (Å²) in [6, 6.07) is 3.55. The number of hydrogen-bond acceptors (Lipinski definition) is 7. The van der Waals surface area contributed by atoms with Crippen molar-refractivity contribution < 1.29 is 32.6 Å². The summed E-state index contributed by atoms with van der Waals surface area (Å²) >= 11 is 0. The minimum absolute atomic E-state index is 0.0390. The molecule has 1 unspecified atom stereocenters. The molecule has 0 bridgehead atoms. The summed E-state index contributed by atoms with van der Waals surface area (Å²) in [5.74, 6) is -1.42. The zero-order chi connectivity index (χ0) is 25.3. The topological polar surface area (TPSA) is 147 Å². The number of nitrogens with zero attached hydrogens (tertiary/aromatic N) is 4. The minimum Gasteiger partial charge on any atom is -0.406 e. The van der Waals surface area contributed by atoms with Crippen LogP contribution in [-0.2, 0) is 11.3 Å². The number of carbonyl (C=O) groups excluding carboxylic acids is 2. The smallest absolute Gasteiger partial charge is 0.406 e. The molecule has 14 heteroatoms. The van der Waals surface area contributed by atoms with Gasteiger partial charge in [-0.15, -0.1) is 23.4 Å². The second-order valence-corrected chi connectivity index (χ2v) is 7.79. The molecule has 4 N–H and O–H groups in total. The highest BCUT2D eigenvalue weighted by Crippen LogP contribution is 2.37. The van der Waals surface area contributed by atoms with Crippen LogP contribution >= 0.6 is 0 Å². The number of nitrogens with one attached hydrogen (secondary N) is 3. The normalized spacial score (nSPS) is 15.1. The Bertz CT molecular complexity index is 1300. The fraction of sp³-hybridized carbons (Fsp3) is 0.286. The Hall–Kier alpha value is -4.20. The lowest BCUT2D eigenvalue weighted by Crippen LogP contribution is -2.35. The van der Waals surface area contributed by atoms with Crippen LogP contribution in [0.3, 0.4) is 0 Å². The van der Waals surface area contributed by atoms with Crippen molar-refractivity contribution in [1.29, 1.82) is 0 Å². The Morgan fingerprint density at radius 3 is 2.80 bits per heavy atom. The number of aliphatic hydroxyl groups excluding tert-OH is 1. The van der Waals surface area contributed by atoms with E-state index < -0.39 is 30.0 Å². The zero-order valence-corrected chi connectivity index (χ0v) is 18.5. The van der Waals surface area contributed by atoms with Crippen LogP contribution in [-0.4, -0.2) is 61.1 Å². The lowest BCUT2D eigenvalue weighted by atomic mass is 10.0. The summed E-state index contributed by atoms with van der Waals surface area (Å²) in [6.45, 7) is 3.30. The number of ether oxygens (including phenoxy) is 1. The number of amides is 2. The maximum atomic E-state index is 12.8. The number of hydrogen-bond donors (Lipinski definition) is 4. The lowest BCUT2D eigenvalue weighted by molar-refractivity contribution is -0.274. The summed E-state index contributed by atoms with van der Waals surface area (Å²) in [7, 11) is 0. The molecule has 3 heterocycles. The summed E-state index contributed by atoms with van der Waals surface area (Å²) in [5.41, 5.74) is 2.45. The van der Waals surface area contributed by atoms with Gasteiger partial charge in [-0.2, -0.15) is 4.80 Å². The molecule has 1 atom stereocenters. The molecule has 35 heavy (non-hydrogen) atoms. The quantitative estimate of drug-likeness (QED) is 0.369. The number of aromatic nitrogens is 5. The van der Waals surface area contributed by atoms with Gasteiger partial charge in [0.15, 0.2) is 6.33 Å². The van der Waals surface area contributed by atoms with Crippen molar-refractivity contribution in [3.8, 4) is 5.75 Å². The van der Waals surface area contributed by atoms with Crippen LogP contribution in [0, 0.1) is 13.8 Å². The molecule has 2 aromatic heterocycles. The molecule has 1 aromatic carbocycles. The SMILES string of the molecule is Cc1[nH]c(C=C2C(=O)Nc3ccc(OC(F)(F)F)cc32)c(C)c1C(=O)NCC(O)Cn1ncnn1. The largest absolute Gasteiger partial charge is 0.573 e. The standard InChI is InChI=1S/C21H20F3N7O4/c1-10-17(6-15-14-5-13(35-21(22,23)24)3-4-16(14)29-19(15)33)28-11(2)18(10)20(34)25-7-12(32)8-31-27-9-26-30-31/h3-6,9,12,28,32H,7-8H2,1-2H3,(H,25,34)(H,29,33). The first-order chi connectivity index (χ1) is 16.5. The molecular formula is C21H20F3N7O4. The molecule has 2 amide bonds. The van der Waals surface area contributed by atoms with Crippen molar-refractivity contribution in [3.63, 3.8) is 0 Å². The third-order valence-corrected chi connectivity index (χ3v) is 5.26. The monoisotopic (exact) mass is 491 g/mol. The average molecular weight is 491 g/mol. The maximum Gasteiger partial charge on any atom is 0.573 e. The Morgan fingerprint density at radius 1 is 1.34 bits per heavy atom. The van der Waals surface area contributed by atoms with Gasteiger partial charge in [-0.25, -0.2) is 0 Å². The zero-order valence-electron chi connectivity index (χ0n) is 18.5. The van der Waals surface area contributed by atoms with Crippen LogP contribution < -0.4 is 15.4 Å². The highest BCUT2D eigenvalue weighted by molar-refractivity contribution is 6.35. The van der Waals surface area contributed by atoms with E-state index in [1.165, 1.54) is 23.3 Å². The lowest BCUT2D eigenvalue weighted by Gasteiger charge is -2.11. The second kappa shape index (κ2) is 9.21. The highest BCUT2D eigenvalue weighted by Gasteiger charge is 2.33. The van der Waals surface area contributed by atoms with Crippen LogP contribution in [0.4, 0.5) is 18.9 Å². The number of rotatable bonds is 7. The summed E-state index contributed by atoms with van der Waals surface area (Å²) in [5, 5.41) is 26.3. The van der Waals surface area contributed by atoms with Crippen LogP contribution in [0.5, 0.6) is 5.75 Å². The van der Waals surface area contributed by atoms with Crippen molar-refractivity contribution in [2.75, 3.05) is 11.9 Å². The summed E-state index contributed by atoms with van der Waals surface area (Å²) in [6.07, 6.45) is -3.14. The van der Waals surface area contributed by atoms with Crippen LogP contribution in [0.25, 0.3) is 11.6 Å². The molecule has 0 aliphatic carbocycles. The first-order valence-corrected chi connectivity index (χ1v) is 10.3. The molecule has 3 aromatic rings. The molecule has 0 radical (unpaired) electrons. The van der Waals surface area contributed by atoms with Gasteiger partial charge in [0, 0.05) is 29.2 Å². The molecule has 0 fully saturated rings. The number of H-pyrrole nitrogens is 1. The minimum atomic E-state index is -4.87. The maximum absolute atomic E-state index is 12.8. The predicted octanol–water partition coefficient (Wildman–Crippen LogP) is 1.80. The van der Waals surface area contributed by atoms with Crippen molar-refractivity contribution in [3.05, 3.63) is 52.6 Å². The van der Waals surface area contributed by atoms with E-state index in [9.17, 15) is 27.9 Å². The van der Waals surface area contributed by atoms with Gasteiger partial charge in [-0.3, -0.25) is 9.59 Å². The molecular weight excluding hydrogens is 471 g/mol. The van der Waals surface area contributed by atoms with Crippen molar-refractivity contribution in [1.82, 2.24) is 30.5 Å². The van der Waals surface area contributed by atoms with E-state index in [0.29, 0.717) is 28.2 Å². The second-order valence-electron chi connectivity index (χ2n) is 7.79. The van der Waals surface area contributed by atoms with Crippen LogP contribution in [0.1, 0.15) is 32.9 Å². The van der Waals surface area contributed by atoms with Gasteiger partial charge in [-0.1, -0.05) is 0 Å². The number of carbonyl (C=O) groups is 2. The number of aryl methyl sites for hydroxylation is 1. The van der Waals surface area contributed by atoms with Crippen LogP contribution in [0.2, 0.25) is 0 Å². The predicted molar refractivity (Wildman–Crippen MR) is 116 cm³/mol. The molecule has 1 aliphatic heterocycles. The summed E-state index contributed by atoms with van der Waals surface area (Å²) < 4.78 is 41.8. The third-order valence-electron chi connectivity index (χ3n) is 5.26. The van der Waals surface area contributed by atoms with E-state index in [0.717, 1.165) is 12.1 Å². The molecule has 0 saturated heterocycles. The van der Waals surface area contributed by atoms with Gasteiger partial charge in [0.1, 0.15) is 5.75 Å². The van der Waals surface area contributed by atoms with E-state index in [2.05, 4.69) is 35.8 Å². The summed E-state index contributed by atoms with van der Waals surface area (Å²) in [4.78, 5) is 29.5. The molecule has 184 valence electrons. The van der Waals surface area contributed by atoms with Gasteiger partial charge in [-0.05, 0) is 48.9 Å². The number of halogens is 3. The van der Waals surface area contributed by atoms with E-state index in [1.807, 2.05) is 0 Å². The molecule has 11 nitrogen and oxygen atoms in total. The van der Waals surface area contributed by atoms with Crippen molar-refractivity contribution >= 4 is 29.2 Å². The molecule has 0 spiro atoms. The highest BCUT2D eigenvalue weighted by atomic mass is 19.4. The molecule has 4 rings (SSSR count). The van der Waals surface area contributed by atoms with Gasteiger partial charge >= 0.3 is 6.36 Å². The number of fused-ring (bicyclic) bond motifs is 1. The van der Waals surface area contributed by atoms with E-state index >= 15 is 0 Å². The number of tetrazole rings is 1. The van der Waals surface area contributed by atoms with Gasteiger partial charge in [0.2, 0.25) is 0 Å². The van der Waals surface area contributed by atoms with Gasteiger partial charge < -0.3 is 25.5 Å². The number of benzene rings is 1. The fourth-order valence-electron chi connectivity index (χ4n) is 3.74.